The average molecular weight is 129 g/mol. The Morgan fingerprint density at radius 2 is 2.33 bits per heavy atom. The molecule has 0 amide bonds. The fraction of sp³-hybridized carbons (Fsp3) is 0.833. The molecule has 52 valence electrons. The van der Waals surface area contributed by atoms with Gasteiger partial charge in [0.2, 0.25) is 0 Å². The maximum absolute atomic E-state index is 8.95. The number of nitrogens with one attached hydrogen (secondary N) is 1. The standard InChI is InChI=1S/C6H11NO2/c7-6-2-5(9)1-4(6)3-8/h4-5,7-9H,1-3H2. The minimum absolute atomic E-state index is 0.00981. The second kappa shape index (κ2) is 2.45. The molecule has 0 saturated heterocycles. The minimum Gasteiger partial charge on any atom is -0.396 e. The van der Waals surface area contributed by atoms with Crippen molar-refractivity contribution in [2.75, 3.05) is 6.61 Å². The largest absolute Gasteiger partial charge is 0.396 e. The first-order valence-electron chi connectivity index (χ1n) is 3.10. The first-order valence-corrected chi connectivity index (χ1v) is 3.10. The van der Waals surface area contributed by atoms with Gasteiger partial charge in [0.1, 0.15) is 0 Å². The van der Waals surface area contributed by atoms with Crippen LogP contribution in [0.5, 0.6) is 0 Å². The lowest BCUT2D eigenvalue weighted by molar-refractivity contribution is 0.163. The summed E-state index contributed by atoms with van der Waals surface area (Å²) in [5, 5.41) is 24.8. The molecule has 0 spiro atoms. The van der Waals surface area contributed by atoms with Gasteiger partial charge in [0, 0.05) is 18.1 Å². The van der Waals surface area contributed by atoms with Crippen LogP contribution in [0.1, 0.15) is 12.8 Å². The van der Waals surface area contributed by atoms with Crippen molar-refractivity contribution >= 4 is 5.71 Å². The summed E-state index contributed by atoms with van der Waals surface area (Å²) in [5.74, 6) is -0.0694. The summed E-state index contributed by atoms with van der Waals surface area (Å²) in [5.41, 5.74) is 0.491. The first-order chi connectivity index (χ1) is 4.24. The van der Waals surface area contributed by atoms with Gasteiger partial charge >= 0.3 is 0 Å². The van der Waals surface area contributed by atoms with Gasteiger partial charge in [-0.1, -0.05) is 0 Å². The van der Waals surface area contributed by atoms with Crippen LogP contribution in [0, 0.1) is 11.3 Å². The van der Waals surface area contributed by atoms with Gasteiger partial charge < -0.3 is 15.6 Å². The van der Waals surface area contributed by atoms with E-state index in [1.165, 1.54) is 0 Å². The van der Waals surface area contributed by atoms with Crippen LogP contribution < -0.4 is 0 Å². The summed E-state index contributed by atoms with van der Waals surface area (Å²) in [6.45, 7) is 0.00981. The molecule has 0 radical (unpaired) electrons. The maximum atomic E-state index is 8.95. The van der Waals surface area contributed by atoms with Gasteiger partial charge in [-0.3, -0.25) is 0 Å². The van der Waals surface area contributed by atoms with Crippen molar-refractivity contribution in [2.24, 2.45) is 5.92 Å². The van der Waals surface area contributed by atoms with Crippen molar-refractivity contribution in [1.82, 2.24) is 0 Å². The van der Waals surface area contributed by atoms with E-state index in [0.717, 1.165) is 0 Å². The van der Waals surface area contributed by atoms with Crippen LogP contribution in [0.3, 0.4) is 0 Å². The highest BCUT2D eigenvalue weighted by atomic mass is 16.3. The molecule has 3 heteroatoms. The van der Waals surface area contributed by atoms with Crippen molar-refractivity contribution in [3.05, 3.63) is 0 Å². The van der Waals surface area contributed by atoms with Gasteiger partial charge in [-0.05, 0) is 6.42 Å². The molecule has 0 aromatic heterocycles. The van der Waals surface area contributed by atoms with Gasteiger partial charge in [0.25, 0.3) is 0 Å². The van der Waals surface area contributed by atoms with E-state index in [0.29, 0.717) is 18.6 Å². The molecule has 2 unspecified atom stereocenters. The highest BCUT2D eigenvalue weighted by molar-refractivity contribution is 5.86. The highest BCUT2D eigenvalue weighted by Crippen LogP contribution is 2.21. The molecule has 1 fully saturated rings. The lowest BCUT2D eigenvalue weighted by Crippen LogP contribution is -2.09. The van der Waals surface area contributed by atoms with Crippen LogP contribution in [0.25, 0.3) is 0 Å². The fourth-order valence-electron chi connectivity index (χ4n) is 1.16. The smallest absolute Gasteiger partial charge is 0.0599 e. The Bertz CT molecular complexity index is 124. The molecular weight excluding hydrogens is 118 g/mol. The van der Waals surface area contributed by atoms with Crippen LogP contribution in [0.4, 0.5) is 0 Å². The molecule has 1 saturated carbocycles. The van der Waals surface area contributed by atoms with Crippen molar-refractivity contribution in [3.8, 4) is 0 Å². The van der Waals surface area contributed by atoms with E-state index in [1.54, 1.807) is 0 Å². The molecule has 0 aromatic carbocycles. The first kappa shape index (κ1) is 6.71. The Morgan fingerprint density at radius 1 is 1.67 bits per heavy atom. The lowest BCUT2D eigenvalue weighted by Gasteiger charge is -2.01. The predicted octanol–water partition coefficient (Wildman–Crippen LogP) is -0.231. The van der Waals surface area contributed by atoms with Crippen molar-refractivity contribution < 1.29 is 10.2 Å². The number of aliphatic hydroxyl groups is 2. The second-order valence-electron chi connectivity index (χ2n) is 2.50. The maximum Gasteiger partial charge on any atom is 0.0599 e. The van der Waals surface area contributed by atoms with Crippen LogP contribution in [-0.2, 0) is 0 Å². The highest BCUT2D eigenvalue weighted by Gasteiger charge is 2.26. The van der Waals surface area contributed by atoms with E-state index in [2.05, 4.69) is 0 Å². The molecule has 9 heavy (non-hydrogen) atoms. The van der Waals surface area contributed by atoms with Gasteiger partial charge in [-0.25, -0.2) is 0 Å². The zero-order chi connectivity index (χ0) is 6.85. The molecular formula is C6H11NO2. The van der Waals surface area contributed by atoms with E-state index in [1.807, 2.05) is 0 Å². The van der Waals surface area contributed by atoms with Gasteiger partial charge in [0.15, 0.2) is 0 Å². The summed E-state index contributed by atoms with van der Waals surface area (Å²) in [6.07, 6.45) is 0.634. The zero-order valence-electron chi connectivity index (χ0n) is 5.17. The van der Waals surface area contributed by atoms with E-state index in [4.69, 9.17) is 15.6 Å². The Labute approximate surface area is 53.8 Å². The molecule has 0 bridgehead atoms. The summed E-state index contributed by atoms with van der Waals surface area (Å²) < 4.78 is 0. The summed E-state index contributed by atoms with van der Waals surface area (Å²) in [4.78, 5) is 0. The number of aliphatic hydroxyl groups excluding tert-OH is 2. The molecule has 1 aliphatic rings. The summed E-state index contributed by atoms with van der Waals surface area (Å²) >= 11 is 0. The minimum atomic E-state index is -0.380. The van der Waals surface area contributed by atoms with Crippen molar-refractivity contribution in [1.29, 1.82) is 5.41 Å². The van der Waals surface area contributed by atoms with Gasteiger partial charge in [-0.15, -0.1) is 0 Å². The third kappa shape index (κ3) is 1.28. The topological polar surface area (TPSA) is 64.3 Å². The second-order valence-corrected chi connectivity index (χ2v) is 2.50. The number of rotatable bonds is 1. The van der Waals surface area contributed by atoms with E-state index in [-0.39, 0.29) is 18.6 Å². The predicted molar refractivity (Wildman–Crippen MR) is 33.5 cm³/mol. The molecule has 3 N–H and O–H groups in total. The lowest BCUT2D eigenvalue weighted by atomic mass is 10.1. The zero-order valence-corrected chi connectivity index (χ0v) is 5.17. The molecule has 0 aliphatic heterocycles. The monoisotopic (exact) mass is 129 g/mol. The quantitative estimate of drug-likeness (QED) is 0.458. The summed E-state index contributed by atoms with van der Waals surface area (Å²) in [7, 11) is 0. The Hall–Kier alpha value is -0.410. The molecule has 2 atom stereocenters. The Balaban J connectivity index is 2.48. The summed E-state index contributed by atoms with van der Waals surface area (Å²) in [6, 6.07) is 0. The normalized spacial score (nSPS) is 35.6. The molecule has 1 rings (SSSR count). The van der Waals surface area contributed by atoms with Gasteiger partial charge in [0.05, 0.1) is 12.7 Å². The van der Waals surface area contributed by atoms with Crippen LogP contribution in [-0.4, -0.2) is 28.6 Å². The van der Waals surface area contributed by atoms with Crippen LogP contribution in [0.2, 0.25) is 0 Å². The fourth-order valence-corrected chi connectivity index (χ4v) is 1.16. The Kier molecular flexibility index (Phi) is 1.83. The average Bonchev–Trinajstić information content (AvgIpc) is 2.10. The molecule has 0 aromatic rings. The molecule has 3 nitrogen and oxygen atoms in total. The molecule has 0 heterocycles. The van der Waals surface area contributed by atoms with Crippen molar-refractivity contribution in [2.45, 2.75) is 18.9 Å². The SMILES string of the molecule is N=C1CC(O)CC1CO. The van der Waals surface area contributed by atoms with E-state index >= 15 is 0 Å². The Morgan fingerprint density at radius 3 is 2.56 bits per heavy atom. The van der Waals surface area contributed by atoms with Crippen molar-refractivity contribution in [3.63, 3.8) is 0 Å². The van der Waals surface area contributed by atoms with E-state index < -0.39 is 0 Å². The molecule has 1 aliphatic carbocycles. The van der Waals surface area contributed by atoms with Crippen LogP contribution in [0.15, 0.2) is 0 Å². The van der Waals surface area contributed by atoms with Crippen LogP contribution >= 0.6 is 0 Å². The van der Waals surface area contributed by atoms with Gasteiger partial charge in [-0.2, -0.15) is 0 Å². The van der Waals surface area contributed by atoms with E-state index in [9.17, 15) is 0 Å². The third-order valence-electron chi connectivity index (χ3n) is 1.73. The number of hydrogen-bond donors (Lipinski definition) is 3. The number of hydrogen-bond acceptors (Lipinski definition) is 3. The third-order valence-corrected chi connectivity index (χ3v) is 1.73.